The summed E-state index contributed by atoms with van der Waals surface area (Å²) in [5.41, 5.74) is 4.33. The van der Waals surface area contributed by atoms with E-state index >= 15 is 0 Å². The molecule has 1 fully saturated rings. The van der Waals surface area contributed by atoms with Crippen LogP contribution in [-0.4, -0.2) is 18.0 Å². The van der Waals surface area contributed by atoms with Crippen LogP contribution >= 0.6 is 0 Å². The Morgan fingerprint density at radius 2 is 1.86 bits per heavy atom. The van der Waals surface area contributed by atoms with Gasteiger partial charge in [0.2, 0.25) is 0 Å². The van der Waals surface area contributed by atoms with Crippen molar-refractivity contribution in [1.82, 2.24) is 4.90 Å². The lowest BCUT2D eigenvalue weighted by molar-refractivity contribution is 0.241. The van der Waals surface area contributed by atoms with E-state index in [4.69, 9.17) is 0 Å². The molecule has 0 atom stereocenters. The maximum absolute atomic E-state index is 2.46. The van der Waals surface area contributed by atoms with Crippen LogP contribution in [0.25, 0.3) is 0 Å². The van der Waals surface area contributed by atoms with Gasteiger partial charge in [-0.05, 0) is 25.0 Å². The van der Waals surface area contributed by atoms with Gasteiger partial charge in [-0.15, -0.1) is 0 Å². The Bertz CT molecular complexity index is 327. The highest BCUT2D eigenvalue weighted by Gasteiger charge is 2.18. The number of aryl methyl sites for hydroxylation is 1. The van der Waals surface area contributed by atoms with Crippen LogP contribution in [0.2, 0.25) is 0 Å². The zero-order valence-corrected chi connectivity index (χ0v) is 8.96. The Labute approximate surface area is 86.1 Å². The number of nitrogens with zero attached hydrogens (tertiary/aromatic N) is 1. The lowest BCUT2D eigenvalue weighted by Crippen LogP contribution is -2.39. The quantitative estimate of drug-likeness (QED) is 0.643. The molecular weight excluding hydrogens is 170 g/mol. The molecule has 0 spiro atoms. The van der Waals surface area contributed by atoms with Gasteiger partial charge >= 0.3 is 0 Å². The molecule has 0 amide bonds. The fourth-order valence-electron chi connectivity index (χ4n) is 1.77. The first-order valence-corrected chi connectivity index (χ1v) is 5.20. The summed E-state index contributed by atoms with van der Waals surface area (Å²) in [5.74, 6) is 0. The third-order valence-electron chi connectivity index (χ3n) is 2.79. The Morgan fingerprint density at radius 3 is 2.43 bits per heavy atom. The Morgan fingerprint density at radius 1 is 1.21 bits per heavy atom. The van der Waals surface area contributed by atoms with Crippen molar-refractivity contribution in [2.75, 3.05) is 13.1 Å². The van der Waals surface area contributed by atoms with Crippen molar-refractivity contribution in [1.29, 1.82) is 0 Å². The van der Waals surface area contributed by atoms with Crippen molar-refractivity contribution in [2.24, 2.45) is 0 Å². The normalized spacial score (nSPS) is 16.6. The lowest BCUT2D eigenvalue weighted by Gasteiger charge is -2.33. The van der Waals surface area contributed by atoms with Crippen LogP contribution in [0.4, 0.5) is 0 Å². The first-order valence-electron chi connectivity index (χ1n) is 5.20. The second-order valence-electron chi connectivity index (χ2n) is 4.08. The summed E-state index contributed by atoms with van der Waals surface area (Å²) < 4.78 is 0. The maximum atomic E-state index is 2.46. The van der Waals surface area contributed by atoms with Crippen molar-refractivity contribution in [3.8, 4) is 0 Å². The van der Waals surface area contributed by atoms with Crippen molar-refractivity contribution >= 4 is 0 Å². The molecule has 14 heavy (non-hydrogen) atoms. The zero-order chi connectivity index (χ0) is 9.97. The van der Waals surface area contributed by atoms with Gasteiger partial charge in [0.05, 0.1) is 0 Å². The van der Waals surface area contributed by atoms with Crippen LogP contribution < -0.4 is 0 Å². The fraction of sp³-hybridized carbons (Fsp3) is 0.385. The van der Waals surface area contributed by atoms with Gasteiger partial charge < -0.3 is 0 Å². The van der Waals surface area contributed by atoms with Gasteiger partial charge in [0, 0.05) is 19.6 Å². The standard InChI is InChI=1S/C13H17N/c1-3-12-8-14(9-12)10-13-6-4-11(2)5-7-13/h3-7H,8-10H2,1-2H3. The fourth-order valence-corrected chi connectivity index (χ4v) is 1.77. The number of rotatable bonds is 2. The number of likely N-dealkylation sites (tertiary alicyclic amines) is 1. The molecule has 0 radical (unpaired) electrons. The van der Waals surface area contributed by atoms with E-state index in [0.29, 0.717) is 0 Å². The maximum Gasteiger partial charge on any atom is 0.0240 e. The second kappa shape index (κ2) is 3.97. The molecule has 0 bridgehead atoms. The van der Waals surface area contributed by atoms with E-state index in [1.807, 2.05) is 0 Å². The molecule has 1 aliphatic heterocycles. The molecule has 0 aromatic heterocycles. The van der Waals surface area contributed by atoms with Crippen molar-refractivity contribution in [2.45, 2.75) is 20.4 Å². The second-order valence-corrected chi connectivity index (χ2v) is 4.08. The molecule has 1 heteroatoms. The van der Waals surface area contributed by atoms with Crippen LogP contribution in [0.5, 0.6) is 0 Å². The number of allylic oxidation sites excluding steroid dienone is 1. The molecule has 1 heterocycles. The highest BCUT2D eigenvalue weighted by atomic mass is 15.2. The van der Waals surface area contributed by atoms with Crippen LogP contribution in [0.1, 0.15) is 18.1 Å². The molecule has 74 valence electrons. The minimum absolute atomic E-state index is 1.09. The largest absolute Gasteiger partial charge is 0.291 e. The molecule has 0 N–H and O–H groups in total. The van der Waals surface area contributed by atoms with E-state index in [0.717, 1.165) is 19.6 Å². The van der Waals surface area contributed by atoms with E-state index in [-0.39, 0.29) is 0 Å². The van der Waals surface area contributed by atoms with Gasteiger partial charge in [0.15, 0.2) is 0 Å². The van der Waals surface area contributed by atoms with Crippen LogP contribution in [0.3, 0.4) is 0 Å². The summed E-state index contributed by atoms with van der Waals surface area (Å²) in [7, 11) is 0. The van der Waals surface area contributed by atoms with E-state index < -0.39 is 0 Å². The van der Waals surface area contributed by atoms with E-state index in [1.165, 1.54) is 11.1 Å². The first-order chi connectivity index (χ1) is 6.78. The Hall–Kier alpha value is -1.08. The monoisotopic (exact) mass is 187 g/mol. The van der Waals surface area contributed by atoms with Gasteiger partial charge in [-0.1, -0.05) is 35.9 Å². The SMILES string of the molecule is CC=C1CN(Cc2ccc(C)cc2)C1. The van der Waals surface area contributed by atoms with E-state index in [1.54, 1.807) is 5.57 Å². The average Bonchev–Trinajstić information content (AvgIpc) is 2.13. The minimum atomic E-state index is 1.09. The molecular formula is C13H17N. The third-order valence-corrected chi connectivity index (χ3v) is 2.79. The van der Waals surface area contributed by atoms with Crippen LogP contribution in [0, 0.1) is 6.92 Å². The van der Waals surface area contributed by atoms with Crippen molar-refractivity contribution in [3.63, 3.8) is 0 Å². The predicted octanol–water partition coefficient (Wildman–Crippen LogP) is 2.76. The first kappa shape index (κ1) is 9.47. The summed E-state index contributed by atoms with van der Waals surface area (Å²) in [6.07, 6.45) is 2.23. The predicted molar refractivity (Wildman–Crippen MR) is 60.2 cm³/mol. The molecule has 1 aromatic carbocycles. The van der Waals surface area contributed by atoms with Crippen molar-refractivity contribution < 1.29 is 0 Å². The lowest BCUT2D eigenvalue weighted by atomic mass is 10.1. The van der Waals surface area contributed by atoms with Gasteiger partial charge in [0.1, 0.15) is 0 Å². The molecule has 1 aromatic rings. The number of hydrogen-bond donors (Lipinski definition) is 0. The molecule has 0 aliphatic carbocycles. The van der Waals surface area contributed by atoms with Gasteiger partial charge in [-0.25, -0.2) is 0 Å². The topological polar surface area (TPSA) is 3.24 Å². The van der Waals surface area contributed by atoms with Crippen molar-refractivity contribution in [3.05, 3.63) is 47.0 Å². The third kappa shape index (κ3) is 2.05. The van der Waals surface area contributed by atoms with Gasteiger partial charge in [-0.2, -0.15) is 0 Å². The molecule has 1 saturated heterocycles. The van der Waals surface area contributed by atoms with E-state index in [2.05, 4.69) is 49.1 Å². The van der Waals surface area contributed by atoms with Crippen LogP contribution in [-0.2, 0) is 6.54 Å². The number of benzene rings is 1. The highest BCUT2D eigenvalue weighted by molar-refractivity contribution is 5.23. The Kier molecular flexibility index (Phi) is 2.69. The average molecular weight is 187 g/mol. The highest BCUT2D eigenvalue weighted by Crippen LogP contribution is 2.17. The summed E-state index contributed by atoms with van der Waals surface area (Å²) in [6.45, 7) is 7.66. The zero-order valence-electron chi connectivity index (χ0n) is 8.96. The van der Waals surface area contributed by atoms with E-state index in [9.17, 15) is 0 Å². The smallest absolute Gasteiger partial charge is 0.0240 e. The molecule has 2 rings (SSSR count). The summed E-state index contributed by atoms with van der Waals surface area (Å²) in [4.78, 5) is 2.46. The molecule has 0 saturated carbocycles. The molecule has 1 nitrogen and oxygen atoms in total. The minimum Gasteiger partial charge on any atom is -0.291 e. The summed E-state index contributed by atoms with van der Waals surface area (Å²) >= 11 is 0. The van der Waals surface area contributed by atoms with Gasteiger partial charge in [-0.3, -0.25) is 4.90 Å². The number of hydrogen-bond acceptors (Lipinski definition) is 1. The van der Waals surface area contributed by atoms with Crippen LogP contribution in [0.15, 0.2) is 35.9 Å². The molecule has 1 aliphatic rings. The Balaban J connectivity index is 1.90. The molecule has 0 unspecified atom stereocenters. The summed E-state index contributed by atoms with van der Waals surface area (Å²) in [5, 5.41) is 0. The summed E-state index contributed by atoms with van der Waals surface area (Å²) in [6, 6.07) is 8.82. The van der Waals surface area contributed by atoms with Gasteiger partial charge in [0.25, 0.3) is 0 Å².